The van der Waals surface area contributed by atoms with Gasteiger partial charge in [-0.3, -0.25) is 9.59 Å². The van der Waals surface area contributed by atoms with Gasteiger partial charge in [-0.25, -0.2) is 0 Å². The zero-order valence-corrected chi connectivity index (χ0v) is 14.5. The molecule has 0 unspecified atom stereocenters. The highest BCUT2D eigenvalue weighted by Gasteiger charge is 2.24. The number of hydrogen-bond donors (Lipinski definition) is 3. The number of ketones is 2. The highest BCUT2D eigenvalue weighted by atomic mass is 16.5. The summed E-state index contributed by atoms with van der Waals surface area (Å²) in [7, 11) is 1.24. The molecule has 0 spiro atoms. The number of benzene rings is 2. The van der Waals surface area contributed by atoms with Gasteiger partial charge in [0.25, 0.3) is 0 Å². The molecule has 0 bridgehead atoms. The molecular formula is C19H20O7. The van der Waals surface area contributed by atoms with Crippen molar-refractivity contribution >= 4 is 17.6 Å². The van der Waals surface area contributed by atoms with Crippen LogP contribution in [0.4, 0.5) is 0 Å². The average molecular weight is 360 g/mol. The molecule has 138 valence electrons. The molecule has 7 heteroatoms. The van der Waals surface area contributed by atoms with Crippen LogP contribution in [0.15, 0.2) is 30.3 Å². The number of ether oxygens (including phenoxy) is 1. The van der Waals surface area contributed by atoms with Crippen molar-refractivity contribution in [1.29, 1.82) is 0 Å². The van der Waals surface area contributed by atoms with Crippen LogP contribution in [0, 0.1) is 0 Å². The Balaban J connectivity index is 0.00000338. The molecular weight excluding hydrogens is 340 g/mol. The van der Waals surface area contributed by atoms with Crippen LogP contribution in [-0.2, 0) is 0 Å². The van der Waals surface area contributed by atoms with E-state index in [0.29, 0.717) is 5.56 Å². The van der Waals surface area contributed by atoms with Crippen LogP contribution >= 0.6 is 0 Å². The van der Waals surface area contributed by atoms with Crippen molar-refractivity contribution < 1.29 is 35.1 Å². The second kappa shape index (κ2) is 8.17. The van der Waals surface area contributed by atoms with Crippen LogP contribution in [-0.4, -0.2) is 39.5 Å². The topological polar surface area (TPSA) is 136 Å². The maximum atomic E-state index is 12.8. The van der Waals surface area contributed by atoms with Crippen LogP contribution in [0.2, 0.25) is 0 Å². The van der Waals surface area contributed by atoms with Gasteiger partial charge in [0.05, 0.1) is 12.7 Å². The van der Waals surface area contributed by atoms with Crippen molar-refractivity contribution in [3.63, 3.8) is 0 Å². The summed E-state index contributed by atoms with van der Waals surface area (Å²) in [6.07, 6.45) is 3.30. The number of phenols is 3. The number of Topliss-reactive ketones (excluding diaryl/α,β-unsaturated/α-hetero) is 1. The second-order valence-corrected chi connectivity index (χ2v) is 5.36. The first-order chi connectivity index (χ1) is 11.8. The summed E-state index contributed by atoms with van der Waals surface area (Å²) in [4.78, 5) is 24.8. The Morgan fingerprint density at radius 2 is 1.65 bits per heavy atom. The predicted octanol–water partition coefficient (Wildman–Crippen LogP) is 2.45. The minimum atomic E-state index is -0.677. The van der Waals surface area contributed by atoms with Crippen molar-refractivity contribution in [3.05, 3.63) is 52.6 Å². The highest BCUT2D eigenvalue weighted by Crippen LogP contribution is 2.39. The summed E-state index contributed by atoms with van der Waals surface area (Å²) in [5.41, 5.74) is 0.302. The molecule has 0 aliphatic rings. The van der Waals surface area contributed by atoms with Gasteiger partial charge in [0, 0.05) is 16.7 Å². The zero-order chi connectivity index (χ0) is 18.7. The minimum absolute atomic E-state index is 0. The number of hydrogen-bond acceptors (Lipinski definition) is 6. The normalized spacial score (nSPS) is 10.4. The SMILES string of the molecule is C/C=C\c1cc(C(C)=O)c(C(=O)c2ccc(O)c(OC)c2O)cc1O.O. The second-order valence-electron chi connectivity index (χ2n) is 5.36. The highest BCUT2D eigenvalue weighted by molar-refractivity contribution is 6.17. The third kappa shape index (κ3) is 3.68. The first-order valence-corrected chi connectivity index (χ1v) is 7.46. The fraction of sp³-hybridized carbons (Fsp3) is 0.158. The summed E-state index contributed by atoms with van der Waals surface area (Å²) < 4.78 is 4.88. The largest absolute Gasteiger partial charge is 0.507 e. The molecule has 0 atom stereocenters. The molecule has 0 radical (unpaired) electrons. The molecule has 0 heterocycles. The van der Waals surface area contributed by atoms with E-state index in [0.717, 1.165) is 0 Å². The van der Waals surface area contributed by atoms with E-state index in [1.807, 2.05) is 0 Å². The first kappa shape index (κ1) is 20.7. The Bertz CT molecular complexity index is 882. The number of methoxy groups -OCH3 is 1. The van der Waals surface area contributed by atoms with E-state index in [-0.39, 0.29) is 45.2 Å². The van der Waals surface area contributed by atoms with E-state index < -0.39 is 11.5 Å². The molecule has 7 nitrogen and oxygen atoms in total. The van der Waals surface area contributed by atoms with Gasteiger partial charge >= 0.3 is 0 Å². The number of aromatic hydroxyl groups is 3. The van der Waals surface area contributed by atoms with Crippen LogP contribution in [0.3, 0.4) is 0 Å². The molecule has 2 aromatic rings. The van der Waals surface area contributed by atoms with Gasteiger partial charge in [0.2, 0.25) is 5.75 Å². The lowest BCUT2D eigenvalue weighted by Crippen LogP contribution is -2.09. The zero-order valence-electron chi connectivity index (χ0n) is 14.5. The average Bonchev–Trinajstić information content (AvgIpc) is 2.56. The summed E-state index contributed by atoms with van der Waals surface area (Å²) in [5, 5.41) is 29.9. The molecule has 0 fully saturated rings. The molecule has 2 aromatic carbocycles. The number of rotatable bonds is 5. The molecule has 0 aliphatic heterocycles. The maximum Gasteiger partial charge on any atom is 0.203 e. The minimum Gasteiger partial charge on any atom is -0.507 e. The monoisotopic (exact) mass is 360 g/mol. The third-order valence-corrected chi connectivity index (χ3v) is 3.70. The van der Waals surface area contributed by atoms with Crippen molar-refractivity contribution in [3.8, 4) is 23.0 Å². The third-order valence-electron chi connectivity index (χ3n) is 3.70. The van der Waals surface area contributed by atoms with E-state index in [4.69, 9.17) is 4.74 Å². The Kier molecular flexibility index (Phi) is 6.52. The molecule has 0 saturated heterocycles. The fourth-order valence-electron chi connectivity index (χ4n) is 2.49. The Hall–Kier alpha value is -3.32. The Morgan fingerprint density at radius 3 is 2.19 bits per heavy atom. The first-order valence-electron chi connectivity index (χ1n) is 7.46. The van der Waals surface area contributed by atoms with E-state index in [1.54, 1.807) is 19.1 Å². The molecule has 0 saturated carbocycles. The van der Waals surface area contributed by atoms with Gasteiger partial charge in [-0.2, -0.15) is 0 Å². The number of phenolic OH excluding ortho intramolecular Hbond substituents is 3. The predicted molar refractivity (Wildman–Crippen MR) is 96.2 cm³/mol. The fourth-order valence-corrected chi connectivity index (χ4v) is 2.49. The van der Waals surface area contributed by atoms with E-state index in [2.05, 4.69) is 0 Å². The number of carbonyl (C=O) groups is 2. The van der Waals surface area contributed by atoms with Gasteiger partial charge in [-0.05, 0) is 38.1 Å². The van der Waals surface area contributed by atoms with Crippen LogP contribution in [0.25, 0.3) is 6.08 Å². The molecule has 0 aliphatic carbocycles. The number of carbonyl (C=O) groups excluding carboxylic acids is 2. The van der Waals surface area contributed by atoms with Gasteiger partial charge in [-0.1, -0.05) is 12.2 Å². The Morgan fingerprint density at radius 1 is 1.00 bits per heavy atom. The van der Waals surface area contributed by atoms with Gasteiger partial charge in [0.1, 0.15) is 5.75 Å². The smallest absolute Gasteiger partial charge is 0.203 e. The summed E-state index contributed by atoms with van der Waals surface area (Å²) in [6, 6.07) is 5.02. The Labute approximate surface area is 150 Å². The van der Waals surface area contributed by atoms with Crippen LogP contribution < -0.4 is 4.74 Å². The summed E-state index contributed by atoms with van der Waals surface area (Å²) >= 11 is 0. The molecule has 26 heavy (non-hydrogen) atoms. The van der Waals surface area contributed by atoms with Crippen LogP contribution in [0.5, 0.6) is 23.0 Å². The number of allylic oxidation sites excluding steroid dienone is 1. The molecule has 0 amide bonds. The van der Waals surface area contributed by atoms with Crippen molar-refractivity contribution in [2.24, 2.45) is 0 Å². The van der Waals surface area contributed by atoms with Crippen LogP contribution in [0.1, 0.15) is 45.7 Å². The van der Waals surface area contributed by atoms with Gasteiger partial charge in [0.15, 0.2) is 23.1 Å². The molecule has 5 N–H and O–H groups in total. The van der Waals surface area contributed by atoms with E-state index in [9.17, 15) is 24.9 Å². The maximum absolute atomic E-state index is 12.8. The van der Waals surface area contributed by atoms with Crippen molar-refractivity contribution in [1.82, 2.24) is 0 Å². The lowest BCUT2D eigenvalue weighted by molar-refractivity contribution is 0.0988. The molecule has 0 aromatic heterocycles. The van der Waals surface area contributed by atoms with Crippen molar-refractivity contribution in [2.75, 3.05) is 7.11 Å². The lowest BCUT2D eigenvalue weighted by atomic mass is 9.93. The molecule has 2 rings (SSSR count). The standard InChI is InChI=1S/C19H18O6.H2O/c1-4-5-11-8-13(10(2)20)14(9-16(11)22)17(23)12-6-7-15(21)19(25-3)18(12)24;/h4-9,21-22,24H,1-3H3;1H2/b5-4-;. The van der Waals surface area contributed by atoms with Gasteiger partial charge < -0.3 is 25.5 Å². The van der Waals surface area contributed by atoms with E-state index in [1.165, 1.54) is 38.3 Å². The summed E-state index contributed by atoms with van der Waals surface area (Å²) in [6.45, 7) is 3.06. The lowest BCUT2D eigenvalue weighted by Gasteiger charge is -2.13. The summed E-state index contributed by atoms with van der Waals surface area (Å²) in [5.74, 6) is -2.32. The quantitative estimate of drug-likeness (QED) is 0.701. The van der Waals surface area contributed by atoms with E-state index >= 15 is 0 Å². The van der Waals surface area contributed by atoms with Crippen molar-refractivity contribution in [2.45, 2.75) is 13.8 Å². The van der Waals surface area contributed by atoms with Gasteiger partial charge in [-0.15, -0.1) is 0 Å².